The van der Waals surface area contributed by atoms with Crippen molar-refractivity contribution in [1.29, 1.82) is 0 Å². The third-order valence-electron chi connectivity index (χ3n) is 3.52. The van der Waals surface area contributed by atoms with Crippen LogP contribution in [0, 0.1) is 0 Å². The Bertz CT molecular complexity index is 856. The Morgan fingerprint density at radius 3 is 2.87 bits per heavy atom. The third-order valence-corrected chi connectivity index (χ3v) is 4.46. The molecule has 1 amide bonds. The van der Waals surface area contributed by atoms with Crippen LogP contribution < -0.4 is 10.9 Å². The van der Waals surface area contributed by atoms with Gasteiger partial charge in [-0.25, -0.2) is 4.98 Å². The number of benzene rings is 1. The molecule has 0 saturated carbocycles. The number of para-hydroxylation sites is 1. The van der Waals surface area contributed by atoms with E-state index in [0.717, 1.165) is 6.42 Å². The van der Waals surface area contributed by atoms with Gasteiger partial charge < -0.3 is 10.3 Å². The molecule has 0 unspecified atom stereocenters. The number of aromatic amines is 1. The molecule has 0 fully saturated rings. The van der Waals surface area contributed by atoms with Crippen molar-refractivity contribution in [2.75, 3.05) is 6.54 Å². The van der Waals surface area contributed by atoms with E-state index in [0.29, 0.717) is 36.1 Å². The van der Waals surface area contributed by atoms with E-state index in [9.17, 15) is 9.59 Å². The molecule has 3 aromatic rings. The number of nitrogens with one attached hydrogen (secondary N) is 2. The molecule has 3 rings (SSSR count). The minimum Gasteiger partial charge on any atom is -0.356 e. The lowest BCUT2D eigenvalue weighted by Gasteiger charge is -2.05. The van der Waals surface area contributed by atoms with E-state index in [4.69, 9.17) is 0 Å². The second-order valence-corrected chi connectivity index (χ2v) is 6.24. The van der Waals surface area contributed by atoms with Gasteiger partial charge in [0.25, 0.3) is 5.56 Å². The summed E-state index contributed by atoms with van der Waals surface area (Å²) in [6.07, 6.45) is 1.57. The summed E-state index contributed by atoms with van der Waals surface area (Å²) in [6, 6.07) is 11.2. The number of carbonyl (C=O) groups excluding carboxylic acids is 1. The molecule has 5 nitrogen and oxygen atoms in total. The smallest absolute Gasteiger partial charge is 0.258 e. The van der Waals surface area contributed by atoms with Gasteiger partial charge in [0, 0.05) is 24.3 Å². The van der Waals surface area contributed by atoms with E-state index >= 15 is 0 Å². The minimum absolute atomic E-state index is 0.0302. The first-order chi connectivity index (χ1) is 11.2. The second-order valence-electron chi connectivity index (χ2n) is 5.21. The quantitative estimate of drug-likeness (QED) is 0.729. The molecule has 2 heterocycles. The molecule has 0 aliphatic rings. The van der Waals surface area contributed by atoms with Gasteiger partial charge in [0.15, 0.2) is 0 Å². The standard InChI is InChI=1S/C17H17N3O2S/c21-16(18-10-9-12-4-3-11-23-12)8-7-15-19-14-6-2-1-5-13(14)17(22)20-15/h1-6,11H,7-10H2,(H,18,21)(H,19,20,22). The van der Waals surface area contributed by atoms with Crippen LogP contribution >= 0.6 is 11.3 Å². The van der Waals surface area contributed by atoms with Gasteiger partial charge in [0.1, 0.15) is 5.82 Å². The fraction of sp³-hybridized carbons (Fsp3) is 0.235. The summed E-state index contributed by atoms with van der Waals surface area (Å²) in [5, 5.41) is 5.48. The van der Waals surface area contributed by atoms with E-state index in [-0.39, 0.29) is 11.5 Å². The number of rotatable bonds is 6. The average molecular weight is 327 g/mol. The maximum absolute atomic E-state index is 12.0. The van der Waals surface area contributed by atoms with Gasteiger partial charge in [-0.05, 0) is 30.0 Å². The summed E-state index contributed by atoms with van der Waals surface area (Å²) in [7, 11) is 0. The van der Waals surface area contributed by atoms with Crippen LogP contribution in [0.5, 0.6) is 0 Å². The van der Waals surface area contributed by atoms with E-state index in [1.54, 1.807) is 29.5 Å². The summed E-state index contributed by atoms with van der Waals surface area (Å²) in [5.74, 6) is 0.513. The van der Waals surface area contributed by atoms with Gasteiger partial charge in [-0.3, -0.25) is 9.59 Å². The largest absolute Gasteiger partial charge is 0.356 e. The molecular formula is C17H17N3O2S. The number of H-pyrrole nitrogens is 1. The predicted octanol–water partition coefficient (Wildman–Crippen LogP) is 2.28. The van der Waals surface area contributed by atoms with Gasteiger partial charge in [0.2, 0.25) is 5.91 Å². The molecular weight excluding hydrogens is 310 g/mol. The number of carbonyl (C=O) groups is 1. The topological polar surface area (TPSA) is 74.8 Å². The van der Waals surface area contributed by atoms with Crippen LogP contribution in [-0.2, 0) is 17.6 Å². The number of hydrogen-bond donors (Lipinski definition) is 2. The molecule has 0 aliphatic carbocycles. The highest BCUT2D eigenvalue weighted by Crippen LogP contribution is 2.08. The first kappa shape index (κ1) is 15.4. The van der Waals surface area contributed by atoms with Gasteiger partial charge in [-0.15, -0.1) is 11.3 Å². The van der Waals surface area contributed by atoms with Crippen LogP contribution in [0.15, 0.2) is 46.6 Å². The summed E-state index contributed by atoms with van der Waals surface area (Å²) >= 11 is 1.69. The zero-order valence-corrected chi connectivity index (χ0v) is 13.4. The monoisotopic (exact) mass is 327 g/mol. The third kappa shape index (κ3) is 4.04. The Labute approximate surface area is 137 Å². The molecule has 0 atom stereocenters. The lowest BCUT2D eigenvalue weighted by Crippen LogP contribution is -2.26. The Balaban J connectivity index is 1.53. The Morgan fingerprint density at radius 2 is 2.04 bits per heavy atom. The molecule has 118 valence electrons. The number of hydrogen-bond acceptors (Lipinski definition) is 4. The number of aryl methyl sites for hydroxylation is 1. The van der Waals surface area contributed by atoms with E-state index in [1.807, 2.05) is 17.5 Å². The Hall–Kier alpha value is -2.47. The molecule has 2 N–H and O–H groups in total. The van der Waals surface area contributed by atoms with Crippen molar-refractivity contribution in [2.24, 2.45) is 0 Å². The lowest BCUT2D eigenvalue weighted by atomic mass is 10.2. The molecule has 0 bridgehead atoms. The number of amides is 1. The van der Waals surface area contributed by atoms with Crippen molar-refractivity contribution in [3.8, 4) is 0 Å². The fourth-order valence-electron chi connectivity index (χ4n) is 2.35. The highest BCUT2D eigenvalue weighted by molar-refractivity contribution is 7.09. The average Bonchev–Trinajstić information content (AvgIpc) is 3.06. The van der Waals surface area contributed by atoms with E-state index in [2.05, 4.69) is 21.4 Å². The van der Waals surface area contributed by atoms with Gasteiger partial charge in [-0.1, -0.05) is 18.2 Å². The van der Waals surface area contributed by atoms with Crippen molar-refractivity contribution in [3.05, 3.63) is 62.8 Å². The van der Waals surface area contributed by atoms with Crippen LogP contribution in [-0.4, -0.2) is 22.4 Å². The van der Waals surface area contributed by atoms with Crippen molar-refractivity contribution in [1.82, 2.24) is 15.3 Å². The SMILES string of the molecule is O=C(CCc1nc2ccccc2c(=O)[nH]1)NCCc1cccs1. The van der Waals surface area contributed by atoms with Crippen LogP contribution in [0.3, 0.4) is 0 Å². The van der Waals surface area contributed by atoms with Crippen molar-refractivity contribution in [3.63, 3.8) is 0 Å². The number of aromatic nitrogens is 2. The molecule has 0 aliphatic heterocycles. The zero-order chi connectivity index (χ0) is 16.1. The Morgan fingerprint density at radius 1 is 1.17 bits per heavy atom. The van der Waals surface area contributed by atoms with Gasteiger partial charge >= 0.3 is 0 Å². The highest BCUT2D eigenvalue weighted by Gasteiger charge is 2.06. The van der Waals surface area contributed by atoms with Crippen molar-refractivity contribution >= 4 is 28.1 Å². The Kier molecular flexibility index (Phi) is 4.83. The summed E-state index contributed by atoms with van der Waals surface area (Å²) in [5.41, 5.74) is 0.494. The predicted molar refractivity (Wildman–Crippen MR) is 91.7 cm³/mol. The zero-order valence-electron chi connectivity index (χ0n) is 12.5. The normalized spacial score (nSPS) is 10.8. The number of nitrogens with zero attached hydrogens (tertiary/aromatic N) is 1. The first-order valence-corrected chi connectivity index (χ1v) is 8.37. The second kappa shape index (κ2) is 7.19. The van der Waals surface area contributed by atoms with Crippen LogP contribution in [0.2, 0.25) is 0 Å². The molecule has 23 heavy (non-hydrogen) atoms. The molecule has 6 heteroatoms. The first-order valence-electron chi connectivity index (χ1n) is 7.49. The van der Waals surface area contributed by atoms with Gasteiger partial charge in [0.05, 0.1) is 10.9 Å². The van der Waals surface area contributed by atoms with Gasteiger partial charge in [-0.2, -0.15) is 0 Å². The van der Waals surface area contributed by atoms with Crippen molar-refractivity contribution < 1.29 is 4.79 Å². The van der Waals surface area contributed by atoms with E-state index in [1.165, 1.54) is 4.88 Å². The summed E-state index contributed by atoms with van der Waals surface area (Å²) in [6.45, 7) is 0.626. The van der Waals surface area contributed by atoms with Crippen LogP contribution in [0.25, 0.3) is 10.9 Å². The summed E-state index contributed by atoms with van der Waals surface area (Å²) in [4.78, 5) is 32.2. The van der Waals surface area contributed by atoms with E-state index < -0.39 is 0 Å². The maximum atomic E-state index is 12.0. The fourth-order valence-corrected chi connectivity index (χ4v) is 3.06. The summed E-state index contributed by atoms with van der Waals surface area (Å²) < 4.78 is 0. The lowest BCUT2D eigenvalue weighted by molar-refractivity contribution is -0.121. The van der Waals surface area contributed by atoms with Crippen LogP contribution in [0.4, 0.5) is 0 Å². The molecule has 0 spiro atoms. The highest BCUT2D eigenvalue weighted by atomic mass is 32.1. The number of thiophene rings is 1. The minimum atomic E-state index is -0.163. The molecule has 0 radical (unpaired) electrons. The maximum Gasteiger partial charge on any atom is 0.258 e. The number of fused-ring (bicyclic) bond motifs is 1. The van der Waals surface area contributed by atoms with Crippen molar-refractivity contribution in [2.45, 2.75) is 19.3 Å². The molecule has 1 aromatic carbocycles. The molecule has 2 aromatic heterocycles. The molecule has 0 saturated heterocycles. The van der Waals surface area contributed by atoms with Crippen LogP contribution in [0.1, 0.15) is 17.1 Å².